The van der Waals surface area contributed by atoms with E-state index in [-0.39, 0.29) is 18.4 Å². The molecule has 0 bridgehead atoms. The molecular formula is C31H47N5O8. The molecule has 5 amide bonds. The number of alkyl carbamates (subject to hydrolysis) is 1. The molecule has 3 atom stereocenters. The largest absolute Gasteiger partial charge is 0.459 e. The maximum atomic E-state index is 13.5. The Morgan fingerprint density at radius 1 is 0.864 bits per heavy atom. The molecule has 1 fully saturated rings. The third-order valence-corrected chi connectivity index (χ3v) is 6.76. The van der Waals surface area contributed by atoms with Crippen LogP contribution in [0.5, 0.6) is 0 Å². The van der Waals surface area contributed by atoms with Crippen LogP contribution in [-0.4, -0.2) is 84.0 Å². The second-order valence-electron chi connectivity index (χ2n) is 12.4. The van der Waals surface area contributed by atoms with Crippen molar-refractivity contribution in [1.29, 1.82) is 0 Å². The molecular weight excluding hydrogens is 570 g/mol. The lowest BCUT2D eigenvalue weighted by Gasteiger charge is -2.30. The molecule has 0 unspecified atom stereocenters. The Kier molecular flexibility index (Phi) is 13.6. The standard InChI is InChI=1S/C31H47N5O8/c1-19(2)25(34-24(38)17-33-30(42)44-31(5,6)7)27(39)32-16-23(37)35-26(20(3)4)28(40)36-15-11-14-22(36)29(41)43-18-21-12-9-8-10-13-21/h8-10,12-13,19-20,22,25-26H,11,14-18H2,1-7H3,(H,32,39)(H,33,42)(H,34,38)(H,35,37)/t22-,25-,26-/m0/s1. The highest BCUT2D eigenvalue weighted by molar-refractivity contribution is 5.94. The van der Waals surface area contributed by atoms with Gasteiger partial charge in [0.05, 0.1) is 6.54 Å². The van der Waals surface area contributed by atoms with E-state index in [9.17, 15) is 28.8 Å². The molecule has 1 heterocycles. The summed E-state index contributed by atoms with van der Waals surface area (Å²) in [6.45, 7) is 11.7. The molecule has 2 rings (SSSR count). The molecule has 0 aliphatic carbocycles. The number of carbonyl (C=O) groups is 6. The van der Waals surface area contributed by atoms with E-state index in [0.717, 1.165) is 5.56 Å². The molecule has 1 aliphatic heterocycles. The second kappa shape index (κ2) is 16.6. The molecule has 0 saturated carbocycles. The number of amides is 5. The van der Waals surface area contributed by atoms with Crippen LogP contribution in [-0.2, 0) is 40.1 Å². The SMILES string of the molecule is CC(C)[C@H](NC(=O)CNC(=O)OC(C)(C)C)C(=O)NCC(=O)N[C@H](C(=O)N1CCC[C@H]1C(=O)OCc1ccccc1)C(C)C. The van der Waals surface area contributed by atoms with Crippen LogP contribution in [0.2, 0.25) is 0 Å². The van der Waals surface area contributed by atoms with Crippen molar-refractivity contribution >= 4 is 35.7 Å². The number of nitrogens with zero attached hydrogens (tertiary/aromatic N) is 1. The Labute approximate surface area is 259 Å². The van der Waals surface area contributed by atoms with Crippen LogP contribution >= 0.6 is 0 Å². The van der Waals surface area contributed by atoms with Crippen molar-refractivity contribution in [3.05, 3.63) is 35.9 Å². The lowest BCUT2D eigenvalue weighted by molar-refractivity contribution is -0.155. The topological polar surface area (TPSA) is 172 Å². The zero-order chi connectivity index (χ0) is 33.0. The molecule has 1 saturated heterocycles. The van der Waals surface area contributed by atoms with Crippen molar-refractivity contribution in [2.24, 2.45) is 11.8 Å². The van der Waals surface area contributed by atoms with Crippen LogP contribution in [0.1, 0.15) is 66.9 Å². The van der Waals surface area contributed by atoms with Gasteiger partial charge >= 0.3 is 12.1 Å². The Morgan fingerprint density at radius 3 is 2.00 bits per heavy atom. The fourth-order valence-electron chi connectivity index (χ4n) is 4.52. The molecule has 0 aromatic heterocycles. The summed E-state index contributed by atoms with van der Waals surface area (Å²) in [5, 5.41) is 10.1. The van der Waals surface area contributed by atoms with Gasteiger partial charge in [-0.1, -0.05) is 58.0 Å². The third kappa shape index (κ3) is 11.8. The monoisotopic (exact) mass is 617 g/mol. The normalized spacial score (nSPS) is 16.1. The number of carbonyl (C=O) groups excluding carboxylic acids is 6. The highest BCUT2D eigenvalue weighted by Gasteiger charge is 2.39. The predicted octanol–water partition coefficient (Wildman–Crippen LogP) is 1.64. The van der Waals surface area contributed by atoms with E-state index >= 15 is 0 Å². The summed E-state index contributed by atoms with van der Waals surface area (Å²) in [6, 6.07) is 6.59. The van der Waals surface area contributed by atoms with Gasteiger partial charge in [0, 0.05) is 6.54 Å². The van der Waals surface area contributed by atoms with Crippen LogP contribution in [0.25, 0.3) is 0 Å². The van der Waals surface area contributed by atoms with Gasteiger partial charge in [-0.2, -0.15) is 0 Å². The van der Waals surface area contributed by atoms with Crippen molar-refractivity contribution < 1.29 is 38.2 Å². The van der Waals surface area contributed by atoms with Crippen LogP contribution < -0.4 is 21.3 Å². The number of nitrogens with one attached hydrogen (secondary N) is 4. The summed E-state index contributed by atoms with van der Waals surface area (Å²) in [7, 11) is 0. The number of rotatable bonds is 13. The van der Waals surface area contributed by atoms with Gasteiger partial charge in [-0.25, -0.2) is 9.59 Å². The average Bonchev–Trinajstić information content (AvgIpc) is 3.44. The van der Waals surface area contributed by atoms with Gasteiger partial charge in [-0.3, -0.25) is 19.2 Å². The fraction of sp³-hybridized carbons (Fsp3) is 0.613. The molecule has 4 N–H and O–H groups in total. The quantitative estimate of drug-likeness (QED) is 0.242. The van der Waals surface area contributed by atoms with E-state index in [0.29, 0.717) is 19.4 Å². The van der Waals surface area contributed by atoms with Crippen molar-refractivity contribution in [3.63, 3.8) is 0 Å². The summed E-state index contributed by atoms with van der Waals surface area (Å²) in [5.41, 5.74) is 0.105. The first kappa shape index (κ1) is 36.0. The first-order chi connectivity index (χ1) is 20.6. The highest BCUT2D eigenvalue weighted by atomic mass is 16.6. The maximum absolute atomic E-state index is 13.5. The molecule has 44 heavy (non-hydrogen) atoms. The number of hydrogen-bond donors (Lipinski definition) is 4. The minimum absolute atomic E-state index is 0.0975. The van der Waals surface area contributed by atoms with Gasteiger partial charge < -0.3 is 35.6 Å². The van der Waals surface area contributed by atoms with Gasteiger partial charge in [-0.15, -0.1) is 0 Å². The van der Waals surface area contributed by atoms with Crippen LogP contribution in [0, 0.1) is 11.8 Å². The van der Waals surface area contributed by atoms with Crippen molar-refractivity contribution in [2.75, 3.05) is 19.6 Å². The molecule has 13 heteroatoms. The molecule has 1 aromatic carbocycles. The molecule has 0 spiro atoms. The number of benzene rings is 1. The molecule has 13 nitrogen and oxygen atoms in total. The molecule has 1 aliphatic rings. The van der Waals surface area contributed by atoms with E-state index in [1.165, 1.54) is 4.90 Å². The third-order valence-electron chi connectivity index (χ3n) is 6.76. The fourth-order valence-corrected chi connectivity index (χ4v) is 4.52. The lowest BCUT2D eigenvalue weighted by Crippen LogP contribution is -2.56. The van der Waals surface area contributed by atoms with Gasteiger partial charge in [0.2, 0.25) is 23.6 Å². The minimum Gasteiger partial charge on any atom is -0.459 e. The summed E-state index contributed by atoms with van der Waals surface area (Å²) < 4.78 is 10.6. The van der Waals surface area contributed by atoms with E-state index in [1.54, 1.807) is 48.5 Å². The van der Waals surface area contributed by atoms with Gasteiger partial charge in [0.1, 0.15) is 36.9 Å². The van der Waals surface area contributed by atoms with Gasteiger partial charge in [-0.05, 0) is 51.0 Å². The van der Waals surface area contributed by atoms with Gasteiger partial charge in [0.15, 0.2) is 0 Å². The Morgan fingerprint density at radius 2 is 1.43 bits per heavy atom. The van der Waals surface area contributed by atoms with E-state index in [2.05, 4.69) is 21.3 Å². The van der Waals surface area contributed by atoms with E-state index < -0.39 is 72.5 Å². The Balaban J connectivity index is 1.91. The van der Waals surface area contributed by atoms with Crippen LogP contribution in [0.15, 0.2) is 30.3 Å². The Hall–Kier alpha value is -4.16. The van der Waals surface area contributed by atoms with E-state index in [1.807, 2.05) is 30.3 Å². The number of ether oxygens (including phenoxy) is 2. The molecule has 0 radical (unpaired) electrons. The summed E-state index contributed by atoms with van der Waals surface area (Å²) >= 11 is 0. The zero-order valence-corrected chi connectivity index (χ0v) is 26.7. The van der Waals surface area contributed by atoms with Crippen LogP contribution in [0.4, 0.5) is 4.79 Å². The summed E-state index contributed by atoms with van der Waals surface area (Å²) in [5.74, 6) is -3.34. The summed E-state index contributed by atoms with van der Waals surface area (Å²) in [6.07, 6.45) is 0.318. The first-order valence-electron chi connectivity index (χ1n) is 14.9. The minimum atomic E-state index is -0.981. The summed E-state index contributed by atoms with van der Waals surface area (Å²) in [4.78, 5) is 77.6. The van der Waals surface area contributed by atoms with Crippen molar-refractivity contribution in [2.45, 2.75) is 91.6 Å². The lowest BCUT2D eigenvalue weighted by atomic mass is 10.0. The van der Waals surface area contributed by atoms with Crippen molar-refractivity contribution in [3.8, 4) is 0 Å². The average molecular weight is 618 g/mol. The predicted molar refractivity (Wildman–Crippen MR) is 162 cm³/mol. The van der Waals surface area contributed by atoms with Crippen molar-refractivity contribution in [1.82, 2.24) is 26.2 Å². The van der Waals surface area contributed by atoms with Crippen LogP contribution in [0.3, 0.4) is 0 Å². The van der Waals surface area contributed by atoms with E-state index in [4.69, 9.17) is 9.47 Å². The first-order valence-corrected chi connectivity index (χ1v) is 14.9. The second-order valence-corrected chi connectivity index (χ2v) is 12.4. The highest BCUT2D eigenvalue weighted by Crippen LogP contribution is 2.22. The number of hydrogen-bond acceptors (Lipinski definition) is 8. The number of likely N-dealkylation sites (tertiary alicyclic amines) is 1. The molecule has 244 valence electrons. The Bertz CT molecular complexity index is 1170. The van der Waals surface area contributed by atoms with Gasteiger partial charge in [0.25, 0.3) is 0 Å². The zero-order valence-electron chi connectivity index (χ0n) is 26.7. The molecule has 1 aromatic rings. The number of esters is 1. The maximum Gasteiger partial charge on any atom is 0.408 e. The smallest absolute Gasteiger partial charge is 0.408 e.